The van der Waals surface area contributed by atoms with E-state index in [1.165, 1.54) is 13.4 Å². The van der Waals surface area contributed by atoms with E-state index in [1.807, 2.05) is 6.92 Å². The van der Waals surface area contributed by atoms with Crippen molar-refractivity contribution in [2.75, 3.05) is 30.8 Å². The van der Waals surface area contributed by atoms with Gasteiger partial charge >= 0.3 is 5.69 Å². The van der Waals surface area contributed by atoms with Crippen LogP contribution in [0.1, 0.15) is 13.3 Å². The number of carbonyl (C=O) groups is 1. The van der Waals surface area contributed by atoms with Crippen molar-refractivity contribution in [2.45, 2.75) is 13.3 Å². The first kappa shape index (κ1) is 14.6. The van der Waals surface area contributed by atoms with Gasteiger partial charge in [0.15, 0.2) is 0 Å². The largest absolute Gasteiger partial charge is 0.367 e. The molecule has 0 aliphatic heterocycles. The van der Waals surface area contributed by atoms with Crippen molar-refractivity contribution in [1.82, 2.24) is 15.3 Å². The van der Waals surface area contributed by atoms with E-state index in [9.17, 15) is 14.9 Å². The summed E-state index contributed by atoms with van der Waals surface area (Å²) in [5.41, 5.74) is -0.235. The molecule has 9 heteroatoms. The zero-order valence-electron chi connectivity index (χ0n) is 10.8. The third-order valence-corrected chi connectivity index (χ3v) is 2.26. The van der Waals surface area contributed by atoms with Crippen LogP contribution in [0.25, 0.3) is 0 Å². The number of hydrogen-bond acceptors (Lipinski definition) is 7. The standard InChI is InChI=1S/C10H16N6O3/c1-3-12-7(17)4-5-13-10-8(16(18)19)9(11-2)14-6-15-10/h6H,3-5H2,1-2H3,(H,12,17)(H2,11,13,14,15). The van der Waals surface area contributed by atoms with E-state index in [-0.39, 0.29) is 36.2 Å². The number of amides is 1. The minimum atomic E-state index is -0.569. The highest BCUT2D eigenvalue weighted by molar-refractivity contribution is 5.76. The van der Waals surface area contributed by atoms with Crippen LogP contribution in [0.15, 0.2) is 6.33 Å². The normalized spacial score (nSPS) is 9.79. The molecule has 1 aromatic rings. The first-order valence-electron chi connectivity index (χ1n) is 5.77. The van der Waals surface area contributed by atoms with Crippen molar-refractivity contribution >= 4 is 23.2 Å². The Labute approximate surface area is 110 Å². The zero-order valence-corrected chi connectivity index (χ0v) is 10.8. The Hall–Kier alpha value is -2.45. The lowest BCUT2D eigenvalue weighted by Crippen LogP contribution is -2.25. The molecule has 1 rings (SSSR count). The summed E-state index contributed by atoms with van der Waals surface area (Å²) >= 11 is 0. The van der Waals surface area contributed by atoms with Gasteiger partial charge in [-0.15, -0.1) is 0 Å². The van der Waals surface area contributed by atoms with Crippen LogP contribution in [0.5, 0.6) is 0 Å². The van der Waals surface area contributed by atoms with Gasteiger partial charge < -0.3 is 16.0 Å². The number of nitrogens with zero attached hydrogens (tertiary/aromatic N) is 3. The average molecular weight is 268 g/mol. The number of nitro groups is 1. The number of rotatable bonds is 7. The highest BCUT2D eigenvalue weighted by Crippen LogP contribution is 2.28. The van der Waals surface area contributed by atoms with Gasteiger partial charge in [-0.1, -0.05) is 0 Å². The fourth-order valence-corrected chi connectivity index (χ4v) is 1.44. The number of anilines is 2. The molecular formula is C10H16N6O3. The van der Waals surface area contributed by atoms with E-state index in [0.29, 0.717) is 6.54 Å². The van der Waals surface area contributed by atoms with Gasteiger partial charge in [0.05, 0.1) is 4.92 Å². The van der Waals surface area contributed by atoms with Crippen LogP contribution in [0.3, 0.4) is 0 Å². The second-order valence-electron chi connectivity index (χ2n) is 3.56. The van der Waals surface area contributed by atoms with Crippen LogP contribution in [-0.4, -0.2) is 40.9 Å². The van der Waals surface area contributed by atoms with Crippen LogP contribution >= 0.6 is 0 Å². The quantitative estimate of drug-likeness (QED) is 0.482. The predicted molar refractivity (Wildman–Crippen MR) is 70.0 cm³/mol. The molecule has 0 aliphatic rings. The van der Waals surface area contributed by atoms with E-state index >= 15 is 0 Å². The predicted octanol–water partition coefficient (Wildman–Crippen LogP) is 0.365. The maximum atomic E-state index is 11.2. The van der Waals surface area contributed by atoms with Gasteiger partial charge in [0, 0.05) is 26.6 Å². The van der Waals surface area contributed by atoms with Gasteiger partial charge in [-0.25, -0.2) is 9.97 Å². The summed E-state index contributed by atoms with van der Waals surface area (Å²) in [6.07, 6.45) is 1.43. The number of aromatic nitrogens is 2. The second-order valence-corrected chi connectivity index (χ2v) is 3.56. The molecule has 0 fully saturated rings. The van der Waals surface area contributed by atoms with Crippen molar-refractivity contribution in [3.8, 4) is 0 Å². The molecule has 104 valence electrons. The van der Waals surface area contributed by atoms with E-state index < -0.39 is 4.92 Å². The summed E-state index contributed by atoms with van der Waals surface area (Å²) in [5.74, 6) is 0.0923. The van der Waals surface area contributed by atoms with Crippen LogP contribution in [0.2, 0.25) is 0 Å². The maximum Gasteiger partial charge on any atom is 0.353 e. The van der Waals surface area contributed by atoms with Crippen LogP contribution in [0.4, 0.5) is 17.3 Å². The van der Waals surface area contributed by atoms with E-state index in [4.69, 9.17) is 0 Å². The summed E-state index contributed by atoms with van der Waals surface area (Å²) < 4.78 is 0. The molecule has 0 bridgehead atoms. The summed E-state index contributed by atoms with van der Waals surface area (Å²) in [4.78, 5) is 29.2. The van der Waals surface area contributed by atoms with Crippen LogP contribution in [0, 0.1) is 10.1 Å². The molecule has 0 aliphatic carbocycles. The van der Waals surface area contributed by atoms with Crippen molar-refractivity contribution in [2.24, 2.45) is 0 Å². The minimum absolute atomic E-state index is 0.0913. The highest BCUT2D eigenvalue weighted by atomic mass is 16.6. The van der Waals surface area contributed by atoms with E-state index in [1.54, 1.807) is 0 Å². The molecule has 0 unspecified atom stereocenters. The first-order chi connectivity index (χ1) is 9.10. The molecule has 0 radical (unpaired) electrons. The van der Waals surface area contributed by atoms with Crippen molar-refractivity contribution in [3.63, 3.8) is 0 Å². The number of carbonyl (C=O) groups excluding carboxylic acids is 1. The Kier molecular flexibility index (Phi) is 5.45. The molecule has 19 heavy (non-hydrogen) atoms. The summed E-state index contributed by atoms with van der Waals surface area (Å²) in [5, 5.41) is 19.0. The molecule has 3 N–H and O–H groups in total. The molecule has 9 nitrogen and oxygen atoms in total. The molecule has 1 aromatic heterocycles. The lowest BCUT2D eigenvalue weighted by molar-refractivity contribution is -0.383. The van der Waals surface area contributed by atoms with Gasteiger partial charge in [-0.3, -0.25) is 14.9 Å². The summed E-state index contributed by atoms with van der Waals surface area (Å²) in [6, 6.07) is 0. The monoisotopic (exact) mass is 268 g/mol. The maximum absolute atomic E-state index is 11.2. The average Bonchev–Trinajstić information content (AvgIpc) is 2.38. The smallest absolute Gasteiger partial charge is 0.353 e. The van der Waals surface area contributed by atoms with E-state index in [0.717, 1.165) is 0 Å². The molecule has 0 spiro atoms. The molecule has 0 aromatic carbocycles. The molecule has 1 heterocycles. The zero-order chi connectivity index (χ0) is 14.3. The second kappa shape index (κ2) is 7.09. The minimum Gasteiger partial charge on any atom is -0.367 e. The Morgan fingerprint density at radius 3 is 2.68 bits per heavy atom. The Morgan fingerprint density at radius 2 is 2.11 bits per heavy atom. The Balaban J connectivity index is 2.73. The van der Waals surface area contributed by atoms with Crippen molar-refractivity contribution in [1.29, 1.82) is 0 Å². The topological polar surface area (TPSA) is 122 Å². The van der Waals surface area contributed by atoms with Gasteiger partial charge in [0.2, 0.25) is 17.5 Å². The van der Waals surface area contributed by atoms with Gasteiger partial charge in [-0.2, -0.15) is 0 Å². The van der Waals surface area contributed by atoms with Gasteiger partial charge in [0.1, 0.15) is 6.33 Å². The Bertz CT molecular complexity index is 465. The number of nitrogens with one attached hydrogen (secondary N) is 3. The van der Waals surface area contributed by atoms with Gasteiger partial charge in [-0.05, 0) is 6.92 Å². The highest BCUT2D eigenvalue weighted by Gasteiger charge is 2.21. The fourth-order valence-electron chi connectivity index (χ4n) is 1.44. The van der Waals surface area contributed by atoms with E-state index in [2.05, 4.69) is 25.9 Å². The van der Waals surface area contributed by atoms with Crippen molar-refractivity contribution in [3.05, 3.63) is 16.4 Å². The third-order valence-electron chi connectivity index (χ3n) is 2.26. The SMILES string of the molecule is CCNC(=O)CCNc1ncnc(NC)c1[N+](=O)[O-]. The first-order valence-corrected chi connectivity index (χ1v) is 5.77. The summed E-state index contributed by atoms with van der Waals surface area (Å²) in [6.45, 7) is 2.63. The van der Waals surface area contributed by atoms with Crippen molar-refractivity contribution < 1.29 is 9.72 Å². The molecule has 0 atom stereocenters. The van der Waals surface area contributed by atoms with Gasteiger partial charge in [0.25, 0.3) is 0 Å². The number of hydrogen-bond donors (Lipinski definition) is 3. The molecule has 0 saturated heterocycles. The third kappa shape index (κ3) is 4.05. The van der Waals surface area contributed by atoms with Crippen LogP contribution < -0.4 is 16.0 Å². The molecule has 1 amide bonds. The lowest BCUT2D eigenvalue weighted by atomic mass is 10.3. The molecule has 0 saturated carbocycles. The van der Waals surface area contributed by atoms with Crippen LogP contribution in [-0.2, 0) is 4.79 Å². The summed E-state index contributed by atoms with van der Waals surface area (Å²) in [7, 11) is 1.54. The molecular weight excluding hydrogens is 252 g/mol. The Morgan fingerprint density at radius 1 is 1.42 bits per heavy atom. The fraction of sp³-hybridized carbons (Fsp3) is 0.500. The lowest BCUT2D eigenvalue weighted by Gasteiger charge is -2.08.